The van der Waals surface area contributed by atoms with Gasteiger partial charge >= 0.3 is 5.97 Å². The zero-order chi connectivity index (χ0) is 20.5. The molecule has 6 atom stereocenters. The first-order chi connectivity index (χ1) is 13.4. The fourth-order valence-electron chi connectivity index (χ4n) is 4.93. The first kappa shape index (κ1) is 23.2. The minimum absolute atomic E-state index is 0.131. The van der Waals surface area contributed by atoms with Gasteiger partial charge in [0.2, 0.25) is 0 Å². The van der Waals surface area contributed by atoms with Crippen molar-refractivity contribution < 1.29 is 19.7 Å². The Morgan fingerprint density at radius 3 is 2.86 bits per heavy atom. The lowest BCUT2D eigenvalue weighted by Crippen LogP contribution is -2.18. The van der Waals surface area contributed by atoms with Crippen LogP contribution in [0.5, 0.6) is 0 Å². The van der Waals surface area contributed by atoms with Crippen LogP contribution in [0.15, 0.2) is 23.8 Å². The molecule has 2 rings (SSSR count). The Bertz CT molecular complexity index is 539. The highest BCUT2D eigenvalue weighted by Gasteiger charge is 2.43. The van der Waals surface area contributed by atoms with Crippen LogP contribution in [-0.4, -0.2) is 35.5 Å². The number of allylic oxidation sites excluding steroid dienone is 2. The van der Waals surface area contributed by atoms with Crippen molar-refractivity contribution in [3.8, 4) is 0 Å². The van der Waals surface area contributed by atoms with Crippen molar-refractivity contribution in [1.29, 1.82) is 0 Å². The van der Waals surface area contributed by atoms with E-state index in [0.717, 1.165) is 38.5 Å². The van der Waals surface area contributed by atoms with Crippen molar-refractivity contribution in [2.24, 2.45) is 23.7 Å². The minimum Gasteiger partial charge on any atom is -0.469 e. The van der Waals surface area contributed by atoms with E-state index < -0.39 is 6.10 Å². The Morgan fingerprint density at radius 1 is 1.36 bits per heavy atom. The van der Waals surface area contributed by atoms with Gasteiger partial charge in [-0.05, 0) is 56.3 Å². The standard InChI is InChI=1S/C24H40O4/c1-4-5-8-17(2)13-20(25)11-12-21-22-15-18(14-19(22)16-23(21)26)9-6-7-10-24(27)28-3/h11-12,14,17,19-23,25-26H,4-10,13,15-16H2,1-3H3/b12-11+. The van der Waals surface area contributed by atoms with Gasteiger partial charge in [-0.1, -0.05) is 56.9 Å². The van der Waals surface area contributed by atoms with Crippen LogP contribution in [0.3, 0.4) is 0 Å². The number of aliphatic hydroxyl groups excluding tert-OH is 2. The van der Waals surface area contributed by atoms with Gasteiger partial charge in [0.1, 0.15) is 0 Å². The maximum absolute atomic E-state index is 11.2. The predicted molar refractivity (Wildman–Crippen MR) is 113 cm³/mol. The van der Waals surface area contributed by atoms with Crippen LogP contribution < -0.4 is 0 Å². The summed E-state index contributed by atoms with van der Waals surface area (Å²) in [7, 11) is 1.44. The Kier molecular flexibility index (Phi) is 9.73. The topological polar surface area (TPSA) is 66.8 Å². The molecular weight excluding hydrogens is 352 g/mol. The number of carbonyl (C=O) groups excluding carboxylic acids is 1. The van der Waals surface area contributed by atoms with Crippen LogP contribution in [0.1, 0.15) is 78.1 Å². The third kappa shape index (κ3) is 7.04. The van der Waals surface area contributed by atoms with E-state index in [0.29, 0.717) is 24.2 Å². The lowest BCUT2D eigenvalue weighted by molar-refractivity contribution is -0.140. The van der Waals surface area contributed by atoms with Gasteiger partial charge < -0.3 is 14.9 Å². The molecule has 0 aromatic carbocycles. The van der Waals surface area contributed by atoms with Gasteiger partial charge in [0.15, 0.2) is 0 Å². The normalized spacial score (nSPS) is 29.0. The number of unbranched alkanes of at least 4 members (excludes halogenated alkanes) is 2. The Morgan fingerprint density at radius 2 is 2.14 bits per heavy atom. The molecule has 0 saturated heterocycles. The number of esters is 1. The molecule has 0 spiro atoms. The average Bonchev–Trinajstić information content (AvgIpc) is 3.18. The molecule has 6 unspecified atom stereocenters. The predicted octanol–water partition coefficient (Wildman–Crippen LogP) is 4.80. The lowest BCUT2D eigenvalue weighted by atomic mass is 9.88. The van der Waals surface area contributed by atoms with Gasteiger partial charge in [0, 0.05) is 12.3 Å². The highest BCUT2D eigenvalue weighted by atomic mass is 16.5. The average molecular weight is 393 g/mol. The smallest absolute Gasteiger partial charge is 0.305 e. The first-order valence-corrected chi connectivity index (χ1v) is 11.2. The monoisotopic (exact) mass is 392 g/mol. The van der Waals surface area contributed by atoms with E-state index in [1.165, 1.54) is 31.9 Å². The molecule has 0 aliphatic heterocycles. The summed E-state index contributed by atoms with van der Waals surface area (Å²) in [6, 6.07) is 0. The zero-order valence-corrected chi connectivity index (χ0v) is 18.0. The number of fused-ring (bicyclic) bond motifs is 1. The molecule has 28 heavy (non-hydrogen) atoms. The molecule has 0 radical (unpaired) electrons. The van der Waals surface area contributed by atoms with E-state index in [2.05, 4.69) is 30.7 Å². The molecular formula is C24H40O4. The highest BCUT2D eigenvalue weighted by molar-refractivity contribution is 5.68. The molecule has 4 heteroatoms. The Labute approximate surface area is 171 Å². The molecule has 1 fully saturated rings. The van der Waals surface area contributed by atoms with Crippen molar-refractivity contribution in [1.82, 2.24) is 0 Å². The summed E-state index contributed by atoms with van der Waals surface area (Å²) in [5.41, 5.74) is 1.47. The highest BCUT2D eigenvalue weighted by Crippen LogP contribution is 2.48. The second-order valence-corrected chi connectivity index (χ2v) is 8.96. The molecule has 2 aliphatic rings. The minimum atomic E-state index is -0.412. The van der Waals surface area contributed by atoms with Gasteiger partial charge in [-0.25, -0.2) is 0 Å². The number of carbonyl (C=O) groups is 1. The number of rotatable bonds is 12. The number of aliphatic hydroxyl groups is 2. The molecule has 0 aromatic heterocycles. The summed E-state index contributed by atoms with van der Waals surface area (Å²) in [6.07, 6.45) is 15.3. The fraction of sp³-hybridized carbons (Fsp3) is 0.792. The van der Waals surface area contributed by atoms with E-state index in [4.69, 9.17) is 0 Å². The molecule has 2 aliphatic carbocycles. The Hall–Kier alpha value is -1.13. The summed E-state index contributed by atoms with van der Waals surface area (Å²) in [6.45, 7) is 4.41. The SMILES string of the molecule is CCCCC(C)CC(O)/C=C/C1C(O)CC2C=C(CCCCC(=O)OC)CC21. The third-order valence-corrected chi connectivity index (χ3v) is 6.56. The molecule has 2 N–H and O–H groups in total. The van der Waals surface area contributed by atoms with Crippen LogP contribution >= 0.6 is 0 Å². The number of hydrogen-bond donors (Lipinski definition) is 2. The van der Waals surface area contributed by atoms with Crippen molar-refractivity contribution in [2.45, 2.75) is 90.3 Å². The summed E-state index contributed by atoms with van der Waals surface area (Å²) in [4.78, 5) is 11.2. The van der Waals surface area contributed by atoms with Crippen molar-refractivity contribution in [3.63, 3.8) is 0 Å². The van der Waals surface area contributed by atoms with Gasteiger partial charge in [0.25, 0.3) is 0 Å². The van der Waals surface area contributed by atoms with Gasteiger partial charge in [-0.15, -0.1) is 0 Å². The zero-order valence-electron chi connectivity index (χ0n) is 18.0. The van der Waals surface area contributed by atoms with E-state index in [1.54, 1.807) is 0 Å². The summed E-state index contributed by atoms with van der Waals surface area (Å²) < 4.78 is 4.69. The van der Waals surface area contributed by atoms with Gasteiger partial charge in [-0.2, -0.15) is 0 Å². The number of hydrogen-bond acceptors (Lipinski definition) is 4. The maximum Gasteiger partial charge on any atom is 0.305 e. The molecule has 0 aromatic rings. The molecule has 0 amide bonds. The van der Waals surface area contributed by atoms with E-state index in [-0.39, 0.29) is 18.0 Å². The molecule has 160 valence electrons. The molecule has 0 heterocycles. The summed E-state index contributed by atoms with van der Waals surface area (Å²) in [5.74, 6) is 1.47. The molecule has 0 bridgehead atoms. The van der Waals surface area contributed by atoms with Crippen LogP contribution in [0.2, 0.25) is 0 Å². The first-order valence-electron chi connectivity index (χ1n) is 11.2. The van der Waals surface area contributed by atoms with Crippen LogP contribution in [0, 0.1) is 23.7 Å². The summed E-state index contributed by atoms with van der Waals surface area (Å²) >= 11 is 0. The third-order valence-electron chi connectivity index (χ3n) is 6.56. The van der Waals surface area contributed by atoms with E-state index in [9.17, 15) is 15.0 Å². The van der Waals surface area contributed by atoms with Crippen molar-refractivity contribution in [3.05, 3.63) is 23.8 Å². The number of methoxy groups -OCH3 is 1. The van der Waals surface area contributed by atoms with Gasteiger partial charge in [0.05, 0.1) is 19.3 Å². The van der Waals surface area contributed by atoms with Gasteiger partial charge in [-0.3, -0.25) is 4.79 Å². The lowest BCUT2D eigenvalue weighted by Gasteiger charge is -2.19. The number of ether oxygens (including phenoxy) is 1. The largest absolute Gasteiger partial charge is 0.469 e. The van der Waals surface area contributed by atoms with Crippen LogP contribution in [0.4, 0.5) is 0 Å². The second-order valence-electron chi connectivity index (χ2n) is 8.96. The van der Waals surface area contributed by atoms with E-state index in [1.807, 2.05) is 6.08 Å². The van der Waals surface area contributed by atoms with Crippen molar-refractivity contribution in [2.75, 3.05) is 7.11 Å². The van der Waals surface area contributed by atoms with E-state index >= 15 is 0 Å². The molecule has 1 saturated carbocycles. The van der Waals surface area contributed by atoms with Crippen LogP contribution in [-0.2, 0) is 9.53 Å². The van der Waals surface area contributed by atoms with Crippen molar-refractivity contribution >= 4 is 5.97 Å². The summed E-state index contributed by atoms with van der Waals surface area (Å²) in [5, 5.41) is 20.8. The van der Waals surface area contributed by atoms with Crippen LogP contribution in [0.25, 0.3) is 0 Å². The quantitative estimate of drug-likeness (QED) is 0.284. The second kappa shape index (κ2) is 11.8. The maximum atomic E-state index is 11.2. The Balaban J connectivity index is 1.77. The fourth-order valence-corrected chi connectivity index (χ4v) is 4.93. The molecule has 4 nitrogen and oxygen atoms in total.